The summed E-state index contributed by atoms with van der Waals surface area (Å²) in [4.78, 5) is 25.1. The topological polar surface area (TPSA) is 76.1 Å². The van der Waals surface area contributed by atoms with Gasteiger partial charge in [0.2, 0.25) is 0 Å². The molecule has 3 atom stereocenters. The predicted octanol–water partition coefficient (Wildman–Crippen LogP) is 1.93. The fraction of sp³-hybridized carbons (Fsp3) is 0.733. The minimum Gasteiger partial charge on any atom is -0.469 e. The summed E-state index contributed by atoms with van der Waals surface area (Å²) in [7, 11) is 1.32. The summed E-state index contributed by atoms with van der Waals surface area (Å²) in [6, 6.07) is -0.501. The number of aliphatic hydroxyl groups is 1. The minimum absolute atomic E-state index is 0.0555. The highest BCUT2D eigenvalue weighted by atomic mass is 16.6. The number of amides is 1. The molecule has 0 unspecified atom stereocenters. The van der Waals surface area contributed by atoms with Crippen LogP contribution < -0.4 is 0 Å². The zero-order valence-electron chi connectivity index (χ0n) is 13.3. The van der Waals surface area contributed by atoms with Crippen LogP contribution in [-0.4, -0.2) is 47.4 Å². The van der Waals surface area contributed by atoms with Crippen molar-refractivity contribution in [3.05, 3.63) is 12.3 Å². The van der Waals surface area contributed by atoms with Gasteiger partial charge in [0.1, 0.15) is 5.60 Å². The Morgan fingerprint density at radius 1 is 1.33 bits per heavy atom. The molecular weight excluding hydrogens is 274 g/mol. The van der Waals surface area contributed by atoms with E-state index in [4.69, 9.17) is 9.47 Å². The maximum atomic E-state index is 12.2. The summed E-state index contributed by atoms with van der Waals surface area (Å²) < 4.78 is 10.0. The number of esters is 1. The molecule has 6 nitrogen and oxygen atoms in total. The Kier molecular flexibility index (Phi) is 5.78. The van der Waals surface area contributed by atoms with E-state index >= 15 is 0 Å². The molecule has 0 aromatic heterocycles. The van der Waals surface area contributed by atoms with Crippen molar-refractivity contribution in [2.75, 3.05) is 13.7 Å². The number of rotatable bonds is 3. The van der Waals surface area contributed by atoms with Gasteiger partial charge in [-0.15, -0.1) is 0 Å². The van der Waals surface area contributed by atoms with E-state index in [1.165, 1.54) is 12.0 Å². The van der Waals surface area contributed by atoms with E-state index in [-0.39, 0.29) is 30.8 Å². The van der Waals surface area contributed by atoms with E-state index in [0.717, 1.165) is 0 Å². The number of nitrogens with zero attached hydrogens (tertiary/aromatic N) is 1. The molecule has 120 valence electrons. The summed E-state index contributed by atoms with van der Waals surface area (Å²) >= 11 is 0. The van der Waals surface area contributed by atoms with Gasteiger partial charge in [-0.2, -0.15) is 0 Å². The molecule has 1 aliphatic rings. The Hall–Kier alpha value is -1.56. The van der Waals surface area contributed by atoms with Crippen LogP contribution in [0.1, 0.15) is 34.1 Å². The van der Waals surface area contributed by atoms with Gasteiger partial charge in [0.05, 0.1) is 26.2 Å². The molecule has 0 aliphatic carbocycles. The van der Waals surface area contributed by atoms with E-state index in [0.29, 0.717) is 0 Å². The maximum absolute atomic E-state index is 12.2. The Balaban J connectivity index is 2.92. The second kappa shape index (κ2) is 6.93. The van der Waals surface area contributed by atoms with Gasteiger partial charge in [0, 0.05) is 6.20 Å². The molecule has 1 N–H and O–H groups in total. The number of hydrogen-bond acceptors (Lipinski definition) is 5. The smallest absolute Gasteiger partial charge is 0.414 e. The van der Waals surface area contributed by atoms with E-state index in [9.17, 15) is 14.7 Å². The molecule has 0 aromatic carbocycles. The highest BCUT2D eigenvalue weighted by Gasteiger charge is 2.38. The summed E-state index contributed by atoms with van der Waals surface area (Å²) in [6.45, 7) is 7.04. The summed E-state index contributed by atoms with van der Waals surface area (Å²) in [5.41, 5.74) is -0.619. The summed E-state index contributed by atoms with van der Waals surface area (Å²) in [5, 5.41) is 9.65. The van der Waals surface area contributed by atoms with Gasteiger partial charge >= 0.3 is 12.1 Å². The molecule has 0 radical (unpaired) electrons. The standard InChI is InChI=1S/C15H25NO5/c1-10-6-7-16(14(19)21-15(2,3)4)12(9-17)11(10)8-13(18)20-5/h6-7,10-12,17H,8-9H2,1-5H3/t10-,11-,12+/m0/s1. The second-order valence-electron chi connectivity index (χ2n) is 6.28. The highest BCUT2D eigenvalue weighted by molar-refractivity contribution is 5.72. The molecule has 21 heavy (non-hydrogen) atoms. The van der Waals surface area contributed by atoms with Crippen LogP contribution in [0.5, 0.6) is 0 Å². The lowest BCUT2D eigenvalue weighted by Crippen LogP contribution is -2.50. The normalized spacial score (nSPS) is 25.6. The first kappa shape index (κ1) is 17.5. The number of carbonyl (C=O) groups excluding carboxylic acids is 2. The lowest BCUT2D eigenvalue weighted by atomic mass is 9.82. The third-order valence-electron chi connectivity index (χ3n) is 3.50. The first-order valence-corrected chi connectivity index (χ1v) is 7.07. The quantitative estimate of drug-likeness (QED) is 0.806. The monoisotopic (exact) mass is 299 g/mol. The van der Waals surface area contributed by atoms with Crippen molar-refractivity contribution in [3.63, 3.8) is 0 Å². The van der Waals surface area contributed by atoms with Crippen molar-refractivity contribution in [1.29, 1.82) is 0 Å². The van der Waals surface area contributed by atoms with E-state index in [2.05, 4.69) is 0 Å². The highest BCUT2D eigenvalue weighted by Crippen LogP contribution is 2.31. The van der Waals surface area contributed by atoms with Crippen LogP contribution in [0.25, 0.3) is 0 Å². The molecular formula is C15H25NO5. The zero-order valence-corrected chi connectivity index (χ0v) is 13.3. The molecule has 0 saturated carbocycles. The van der Waals surface area contributed by atoms with E-state index in [1.807, 2.05) is 13.0 Å². The average molecular weight is 299 g/mol. The van der Waals surface area contributed by atoms with Gasteiger partial charge in [0.25, 0.3) is 0 Å². The summed E-state index contributed by atoms with van der Waals surface area (Å²) in [6.07, 6.45) is 3.07. The number of methoxy groups -OCH3 is 1. The molecule has 0 saturated heterocycles. The minimum atomic E-state index is -0.619. The number of allylic oxidation sites excluding steroid dienone is 1. The largest absolute Gasteiger partial charge is 0.469 e. The van der Waals surface area contributed by atoms with Gasteiger partial charge in [-0.1, -0.05) is 13.0 Å². The number of carbonyl (C=O) groups is 2. The van der Waals surface area contributed by atoms with Crippen molar-refractivity contribution in [2.24, 2.45) is 11.8 Å². The van der Waals surface area contributed by atoms with Crippen LogP contribution in [0, 0.1) is 11.8 Å². The predicted molar refractivity (Wildman–Crippen MR) is 77.4 cm³/mol. The Labute approximate surface area is 125 Å². The third kappa shape index (κ3) is 4.74. The first-order chi connectivity index (χ1) is 9.69. The summed E-state index contributed by atoms with van der Waals surface area (Å²) in [5.74, 6) is -0.510. The average Bonchev–Trinajstić information content (AvgIpc) is 2.38. The Morgan fingerprint density at radius 2 is 1.95 bits per heavy atom. The van der Waals surface area contributed by atoms with E-state index < -0.39 is 17.7 Å². The zero-order chi connectivity index (χ0) is 16.2. The van der Waals surface area contributed by atoms with Gasteiger partial charge in [-0.05, 0) is 32.6 Å². The molecule has 1 amide bonds. The molecule has 1 aliphatic heterocycles. The van der Waals surface area contributed by atoms with Crippen LogP contribution in [0.15, 0.2) is 12.3 Å². The molecule has 0 fully saturated rings. The van der Waals surface area contributed by atoms with E-state index in [1.54, 1.807) is 27.0 Å². The lowest BCUT2D eigenvalue weighted by molar-refractivity contribution is -0.143. The van der Waals surface area contributed by atoms with Crippen molar-refractivity contribution in [1.82, 2.24) is 4.90 Å². The molecule has 0 aromatic rings. The van der Waals surface area contributed by atoms with Crippen molar-refractivity contribution >= 4 is 12.1 Å². The van der Waals surface area contributed by atoms with Crippen molar-refractivity contribution in [2.45, 2.75) is 45.8 Å². The molecule has 1 heterocycles. The fourth-order valence-corrected chi connectivity index (χ4v) is 2.37. The van der Waals surface area contributed by atoms with Gasteiger partial charge in [0.15, 0.2) is 0 Å². The molecule has 1 rings (SSSR count). The van der Waals surface area contributed by atoms with Crippen LogP contribution in [0.4, 0.5) is 4.79 Å². The van der Waals surface area contributed by atoms with Crippen molar-refractivity contribution < 1.29 is 24.2 Å². The van der Waals surface area contributed by atoms with Crippen LogP contribution >= 0.6 is 0 Å². The van der Waals surface area contributed by atoms with Crippen molar-refractivity contribution in [3.8, 4) is 0 Å². The molecule has 0 bridgehead atoms. The van der Waals surface area contributed by atoms with Crippen LogP contribution in [0.2, 0.25) is 0 Å². The van der Waals surface area contributed by atoms with Crippen LogP contribution in [0.3, 0.4) is 0 Å². The van der Waals surface area contributed by atoms with Crippen LogP contribution in [-0.2, 0) is 14.3 Å². The van der Waals surface area contributed by atoms with Gasteiger partial charge in [-0.3, -0.25) is 9.69 Å². The second-order valence-corrected chi connectivity index (χ2v) is 6.28. The maximum Gasteiger partial charge on any atom is 0.414 e. The molecule has 6 heteroatoms. The molecule has 0 spiro atoms. The van der Waals surface area contributed by atoms with Gasteiger partial charge < -0.3 is 14.6 Å². The Morgan fingerprint density at radius 3 is 2.43 bits per heavy atom. The number of hydrogen-bond donors (Lipinski definition) is 1. The number of ether oxygens (including phenoxy) is 2. The lowest BCUT2D eigenvalue weighted by Gasteiger charge is -2.39. The number of aliphatic hydroxyl groups excluding tert-OH is 1. The fourth-order valence-electron chi connectivity index (χ4n) is 2.37. The SMILES string of the molecule is COC(=O)C[C@@H]1[C@@H](CO)N(C(=O)OC(C)(C)C)C=C[C@@H]1C. The Bertz CT molecular complexity index is 413. The first-order valence-electron chi connectivity index (χ1n) is 7.07. The third-order valence-corrected chi connectivity index (χ3v) is 3.50. The van der Waals surface area contributed by atoms with Gasteiger partial charge in [-0.25, -0.2) is 4.79 Å².